The van der Waals surface area contributed by atoms with E-state index in [-0.39, 0.29) is 11.8 Å². The number of benzene rings is 1. The van der Waals surface area contributed by atoms with Gasteiger partial charge in [0, 0.05) is 31.2 Å². The number of likely N-dealkylation sites (N-methyl/N-ethyl adjacent to an activating group) is 1. The van der Waals surface area contributed by atoms with Crippen molar-refractivity contribution in [2.45, 2.75) is 12.8 Å². The summed E-state index contributed by atoms with van der Waals surface area (Å²) in [5.74, 6) is 0.729. The SMILES string of the molecule is COc1ccc2[nH]cc(C(C)C(=O)N(C)C)c2c1. The second-order valence-electron chi connectivity index (χ2n) is 4.61. The van der Waals surface area contributed by atoms with Crippen molar-refractivity contribution < 1.29 is 9.53 Å². The Morgan fingerprint density at radius 1 is 1.39 bits per heavy atom. The fraction of sp³-hybridized carbons (Fsp3) is 0.357. The Morgan fingerprint density at radius 2 is 2.11 bits per heavy atom. The van der Waals surface area contributed by atoms with Gasteiger partial charge in [-0.25, -0.2) is 0 Å². The van der Waals surface area contributed by atoms with Crippen molar-refractivity contribution in [3.05, 3.63) is 30.0 Å². The number of hydrogen-bond donors (Lipinski definition) is 1. The monoisotopic (exact) mass is 246 g/mol. The molecule has 4 heteroatoms. The molecule has 0 aliphatic heterocycles. The smallest absolute Gasteiger partial charge is 0.229 e. The molecule has 0 radical (unpaired) electrons. The molecule has 0 saturated carbocycles. The van der Waals surface area contributed by atoms with E-state index in [4.69, 9.17) is 4.74 Å². The number of aromatic amines is 1. The Morgan fingerprint density at radius 3 is 2.72 bits per heavy atom. The van der Waals surface area contributed by atoms with Gasteiger partial charge < -0.3 is 14.6 Å². The molecular formula is C14H18N2O2. The average molecular weight is 246 g/mol. The molecule has 1 amide bonds. The number of methoxy groups -OCH3 is 1. The van der Waals surface area contributed by atoms with Gasteiger partial charge >= 0.3 is 0 Å². The van der Waals surface area contributed by atoms with Crippen molar-refractivity contribution in [1.82, 2.24) is 9.88 Å². The number of aromatic nitrogens is 1. The van der Waals surface area contributed by atoms with Crippen LogP contribution in [-0.2, 0) is 4.79 Å². The highest BCUT2D eigenvalue weighted by Crippen LogP contribution is 2.29. The van der Waals surface area contributed by atoms with Crippen molar-refractivity contribution in [3.8, 4) is 5.75 Å². The Balaban J connectivity index is 2.47. The minimum Gasteiger partial charge on any atom is -0.497 e. The molecule has 1 N–H and O–H groups in total. The summed E-state index contributed by atoms with van der Waals surface area (Å²) in [7, 11) is 5.18. The molecule has 96 valence electrons. The van der Waals surface area contributed by atoms with Gasteiger partial charge in [0.05, 0.1) is 13.0 Å². The van der Waals surface area contributed by atoms with Crippen molar-refractivity contribution in [1.29, 1.82) is 0 Å². The van der Waals surface area contributed by atoms with Crippen LogP contribution in [0.15, 0.2) is 24.4 Å². The summed E-state index contributed by atoms with van der Waals surface area (Å²) in [5.41, 5.74) is 2.02. The van der Waals surface area contributed by atoms with Gasteiger partial charge in [-0.15, -0.1) is 0 Å². The van der Waals surface area contributed by atoms with E-state index in [1.54, 1.807) is 26.1 Å². The van der Waals surface area contributed by atoms with E-state index in [9.17, 15) is 4.79 Å². The maximum Gasteiger partial charge on any atom is 0.229 e. The molecule has 0 aliphatic carbocycles. The first-order valence-corrected chi connectivity index (χ1v) is 5.90. The molecule has 1 unspecified atom stereocenters. The number of amides is 1. The summed E-state index contributed by atoms with van der Waals surface area (Å²) >= 11 is 0. The lowest BCUT2D eigenvalue weighted by atomic mass is 9.99. The zero-order valence-corrected chi connectivity index (χ0v) is 11.2. The maximum absolute atomic E-state index is 12.0. The quantitative estimate of drug-likeness (QED) is 0.903. The minimum absolute atomic E-state index is 0.0960. The molecule has 1 aromatic carbocycles. The third kappa shape index (κ3) is 2.06. The van der Waals surface area contributed by atoms with Gasteiger partial charge in [-0.3, -0.25) is 4.79 Å². The van der Waals surface area contributed by atoms with Crippen LogP contribution < -0.4 is 4.74 Å². The lowest BCUT2D eigenvalue weighted by molar-refractivity contribution is -0.129. The number of nitrogens with zero attached hydrogens (tertiary/aromatic N) is 1. The van der Waals surface area contributed by atoms with Crippen LogP contribution in [0.3, 0.4) is 0 Å². The molecule has 4 nitrogen and oxygen atoms in total. The largest absolute Gasteiger partial charge is 0.497 e. The minimum atomic E-state index is -0.166. The molecule has 0 fully saturated rings. The van der Waals surface area contributed by atoms with E-state index in [0.717, 1.165) is 22.2 Å². The van der Waals surface area contributed by atoms with E-state index >= 15 is 0 Å². The zero-order chi connectivity index (χ0) is 13.3. The highest BCUT2D eigenvalue weighted by molar-refractivity contribution is 5.92. The first-order valence-electron chi connectivity index (χ1n) is 5.90. The predicted molar refractivity (Wildman–Crippen MR) is 72.0 cm³/mol. The summed E-state index contributed by atoms with van der Waals surface area (Å²) < 4.78 is 5.23. The highest BCUT2D eigenvalue weighted by Gasteiger charge is 2.20. The van der Waals surface area contributed by atoms with E-state index < -0.39 is 0 Å². The fourth-order valence-electron chi connectivity index (χ4n) is 2.13. The van der Waals surface area contributed by atoms with Gasteiger partial charge in [0.15, 0.2) is 0 Å². The molecule has 1 aromatic heterocycles. The summed E-state index contributed by atoms with van der Waals surface area (Å²) in [4.78, 5) is 16.8. The van der Waals surface area contributed by atoms with Gasteiger partial charge in [0.2, 0.25) is 5.91 Å². The molecule has 1 atom stereocenters. The van der Waals surface area contributed by atoms with Crippen LogP contribution in [0, 0.1) is 0 Å². The number of fused-ring (bicyclic) bond motifs is 1. The molecule has 0 saturated heterocycles. The van der Waals surface area contributed by atoms with Gasteiger partial charge in [0.1, 0.15) is 5.75 Å². The Kier molecular flexibility index (Phi) is 3.28. The van der Waals surface area contributed by atoms with Crippen molar-refractivity contribution in [2.24, 2.45) is 0 Å². The maximum atomic E-state index is 12.0. The number of ether oxygens (including phenoxy) is 1. The van der Waals surface area contributed by atoms with E-state index in [1.807, 2.05) is 31.3 Å². The first kappa shape index (κ1) is 12.5. The van der Waals surface area contributed by atoms with Gasteiger partial charge in [-0.2, -0.15) is 0 Å². The number of carbonyl (C=O) groups is 1. The summed E-state index contributed by atoms with van der Waals surface area (Å²) in [6, 6.07) is 5.83. The second kappa shape index (κ2) is 4.72. The third-order valence-electron chi connectivity index (χ3n) is 3.20. The van der Waals surface area contributed by atoms with Crippen LogP contribution in [0.5, 0.6) is 5.75 Å². The fourth-order valence-corrected chi connectivity index (χ4v) is 2.13. The summed E-state index contributed by atoms with van der Waals surface area (Å²) in [6.45, 7) is 1.92. The molecular weight excluding hydrogens is 228 g/mol. The Bertz CT molecular complexity index is 572. The topological polar surface area (TPSA) is 45.3 Å². The van der Waals surface area contributed by atoms with E-state index in [2.05, 4.69) is 4.98 Å². The van der Waals surface area contributed by atoms with Crippen LogP contribution in [0.25, 0.3) is 10.9 Å². The summed E-state index contributed by atoms with van der Waals surface area (Å²) in [6.07, 6.45) is 1.90. The van der Waals surface area contributed by atoms with Crippen LogP contribution in [-0.4, -0.2) is 37.0 Å². The van der Waals surface area contributed by atoms with Gasteiger partial charge in [-0.1, -0.05) is 0 Å². The Hall–Kier alpha value is -1.97. The standard InChI is InChI=1S/C14H18N2O2/c1-9(14(17)16(2)3)12-8-15-13-6-5-10(18-4)7-11(12)13/h5-9,15H,1-4H3. The normalized spacial score (nSPS) is 12.4. The first-order chi connectivity index (χ1) is 8.54. The molecule has 0 aliphatic rings. The van der Waals surface area contributed by atoms with Crippen LogP contribution in [0.4, 0.5) is 0 Å². The van der Waals surface area contributed by atoms with Gasteiger partial charge in [-0.05, 0) is 30.7 Å². The van der Waals surface area contributed by atoms with Crippen LogP contribution in [0.1, 0.15) is 18.4 Å². The van der Waals surface area contributed by atoms with Crippen molar-refractivity contribution in [2.75, 3.05) is 21.2 Å². The lowest BCUT2D eigenvalue weighted by Gasteiger charge is -2.16. The zero-order valence-electron chi connectivity index (χ0n) is 11.2. The Labute approximate surface area is 107 Å². The van der Waals surface area contributed by atoms with Crippen LogP contribution in [0.2, 0.25) is 0 Å². The van der Waals surface area contributed by atoms with Crippen molar-refractivity contribution >= 4 is 16.8 Å². The molecule has 2 aromatic rings. The van der Waals surface area contributed by atoms with E-state index in [0.29, 0.717) is 0 Å². The average Bonchev–Trinajstić information content (AvgIpc) is 2.79. The number of carbonyl (C=O) groups excluding carboxylic acids is 1. The molecule has 1 heterocycles. The van der Waals surface area contributed by atoms with Crippen LogP contribution >= 0.6 is 0 Å². The molecule has 2 rings (SSSR count). The third-order valence-corrected chi connectivity index (χ3v) is 3.20. The number of hydrogen-bond acceptors (Lipinski definition) is 2. The number of rotatable bonds is 3. The number of H-pyrrole nitrogens is 1. The second-order valence-corrected chi connectivity index (χ2v) is 4.61. The molecule has 0 bridgehead atoms. The number of nitrogens with one attached hydrogen (secondary N) is 1. The molecule has 0 spiro atoms. The molecule has 18 heavy (non-hydrogen) atoms. The predicted octanol–water partition coefficient (Wildman–Crippen LogP) is 2.37. The van der Waals surface area contributed by atoms with Crippen molar-refractivity contribution in [3.63, 3.8) is 0 Å². The highest BCUT2D eigenvalue weighted by atomic mass is 16.5. The van der Waals surface area contributed by atoms with E-state index in [1.165, 1.54) is 0 Å². The summed E-state index contributed by atoms with van der Waals surface area (Å²) in [5, 5.41) is 1.04. The lowest BCUT2D eigenvalue weighted by Crippen LogP contribution is -2.26. The van der Waals surface area contributed by atoms with Gasteiger partial charge in [0.25, 0.3) is 0 Å².